The number of aliphatic hydroxyl groups excluding tert-OH is 1. The zero-order valence-corrected chi connectivity index (χ0v) is 15.6. The maximum atomic E-state index is 12.7. The van der Waals surface area contributed by atoms with Gasteiger partial charge in [-0.15, -0.1) is 5.10 Å². The van der Waals surface area contributed by atoms with Crippen LogP contribution in [0.5, 0.6) is 0 Å². The van der Waals surface area contributed by atoms with E-state index in [9.17, 15) is 14.7 Å². The maximum absolute atomic E-state index is 12.7. The summed E-state index contributed by atoms with van der Waals surface area (Å²) in [5.41, 5.74) is 1.81. The van der Waals surface area contributed by atoms with Crippen LogP contribution in [-0.4, -0.2) is 26.2 Å². The van der Waals surface area contributed by atoms with Crippen molar-refractivity contribution in [1.29, 1.82) is 0 Å². The average molecular weight is 386 g/mol. The first-order chi connectivity index (χ1) is 14.0. The fourth-order valence-electron chi connectivity index (χ4n) is 3.99. The first-order valence-electron chi connectivity index (χ1n) is 9.39. The van der Waals surface area contributed by atoms with Gasteiger partial charge >= 0.3 is 0 Å². The van der Waals surface area contributed by atoms with Gasteiger partial charge in [-0.05, 0) is 37.0 Å². The Kier molecular flexibility index (Phi) is 3.84. The third kappa shape index (κ3) is 2.91. The van der Waals surface area contributed by atoms with E-state index in [0.29, 0.717) is 32.7 Å². The molecule has 3 N–H and O–H groups in total. The van der Waals surface area contributed by atoms with Gasteiger partial charge in [0.15, 0.2) is 0 Å². The first-order valence-corrected chi connectivity index (χ1v) is 9.39. The van der Waals surface area contributed by atoms with Crippen molar-refractivity contribution in [3.8, 4) is 0 Å². The molecule has 2 heterocycles. The van der Waals surface area contributed by atoms with Crippen molar-refractivity contribution in [3.05, 3.63) is 69.9 Å². The lowest BCUT2D eigenvalue weighted by Crippen LogP contribution is -2.15. The van der Waals surface area contributed by atoms with E-state index in [4.69, 9.17) is 0 Å². The van der Waals surface area contributed by atoms with E-state index in [1.807, 2.05) is 30.3 Å². The Labute approximate surface area is 165 Å². The zero-order valence-electron chi connectivity index (χ0n) is 15.6. The molecule has 2 aromatic carbocycles. The van der Waals surface area contributed by atoms with E-state index in [-0.39, 0.29) is 23.5 Å². The van der Waals surface area contributed by atoms with E-state index < -0.39 is 5.56 Å². The summed E-state index contributed by atoms with van der Waals surface area (Å²) in [7, 11) is 0. The molecule has 1 amide bonds. The summed E-state index contributed by atoms with van der Waals surface area (Å²) in [5, 5.41) is 22.4. The number of aliphatic hydroxyl groups is 1. The Morgan fingerprint density at radius 1 is 1.21 bits per heavy atom. The number of hydrogen-bond acceptors (Lipinski definition) is 5. The van der Waals surface area contributed by atoms with Crippen LogP contribution in [0.15, 0.2) is 53.5 Å². The molecule has 0 aliphatic heterocycles. The van der Waals surface area contributed by atoms with Crippen LogP contribution in [0.25, 0.3) is 27.4 Å². The molecule has 29 heavy (non-hydrogen) atoms. The molecule has 0 unspecified atom stereocenters. The van der Waals surface area contributed by atoms with Gasteiger partial charge in [-0.2, -0.15) is 5.10 Å². The summed E-state index contributed by atoms with van der Waals surface area (Å²) in [6.45, 7) is 1.55. The Hall–Kier alpha value is -3.74. The lowest BCUT2D eigenvalue weighted by atomic mass is 10.1. The van der Waals surface area contributed by atoms with Gasteiger partial charge in [0.2, 0.25) is 5.91 Å². The van der Waals surface area contributed by atoms with Gasteiger partial charge in [-0.25, -0.2) is 0 Å². The Balaban J connectivity index is 1.54. The second-order valence-electron chi connectivity index (χ2n) is 7.44. The van der Waals surface area contributed by atoms with E-state index in [2.05, 4.69) is 20.5 Å². The molecule has 5 rings (SSSR count). The zero-order chi connectivity index (χ0) is 20.1. The van der Waals surface area contributed by atoms with Crippen LogP contribution in [0.2, 0.25) is 0 Å². The van der Waals surface area contributed by atoms with Crippen LogP contribution in [0.3, 0.4) is 0 Å². The summed E-state index contributed by atoms with van der Waals surface area (Å²) in [6.07, 6.45) is 2.26. The number of hydrogen-bond donors (Lipinski definition) is 3. The fourth-order valence-corrected chi connectivity index (χ4v) is 3.99. The van der Waals surface area contributed by atoms with Gasteiger partial charge < -0.3 is 15.4 Å². The van der Waals surface area contributed by atoms with Crippen molar-refractivity contribution in [3.63, 3.8) is 0 Å². The molecular formula is C22H18N4O3. The van der Waals surface area contributed by atoms with Crippen molar-refractivity contribution in [2.24, 2.45) is 5.92 Å². The standard InChI is InChI=1S/C22H18N4O3/c1-11(27)20-17-10-23-26-22(29)16-7-13(8-18(25-20)19(16)17)24-21(28)15-9-14(15)12-5-3-2-4-6-12/h2-8,10,14-15,25,27H,9H2,1H3,(H,24,28)/b20-11-/t14-,15+/m0/s1. The van der Waals surface area contributed by atoms with Crippen LogP contribution in [0.4, 0.5) is 5.69 Å². The van der Waals surface area contributed by atoms with Gasteiger partial charge in [0, 0.05) is 27.9 Å². The predicted octanol–water partition coefficient (Wildman–Crippen LogP) is 2.62. The average Bonchev–Trinajstić information content (AvgIpc) is 3.45. The van der Waals surface area contributed by atoms with Crippen LogP contribution in [0, 0.1) is 5.92 Å². The molecule has 1 fully saturated rings. The quantitative estimate of drug-likeness (QED) is 0.502. The van der Waals surface area contributed by atoms with Gasteiger partial charge in [0.25, 0.3) is 5.56 Å². The van der Waals surface area contributed by atoms with Crippen LogP contribution < -0.4 is 16.2 Å². The number of aromatic amines is 1. The minimum absolute atomic E-state index is 0.0726. The summed E-state index contributed by atoms with van der Waals surface area (Å²) in [5.74, 6) is 0.148. The lowest BCUT2D eigenvalue weighted by molar-refractivity contribution is -0.117. The number of carbonyl (C=O) groups is 1. The number of anilines is 1. The van der Waals surface area contributed by atoms with Crippen molar-refractivity contribution >= 4 is 39.0 Å². The topological polar surface area (TPSA) is 108 Å². The normalized spacial score (nSPS) is 19.3. The minimum atomic E-state index is -0.490. The summed E-state index contributed by atoms with van der Waals surface area (Å²) >= 11 is 0. The maximum Gasteiger partial charge on any atom is 0.296 e. The number of rotatable bonds is 3. The van der Waals surface area contributed by atoms with Crippen LogP contribution >= 0.6 is 0 Å². The molecule has 7 heteroatoms. The van der Waals surface area contributed by atoms with Crippen LogP contribution in [-0.2, 0) is 4.79 Å². The fraction of sp³-hybridized carbons (Fsp3) is 0.182. The molecule has 2 atom stereocenters. The largest absolute Gasteiger partial charge is 0.510 e. The molecule has 0 bridgehead atoms. The van der Waals surface area contributed by atoms with E-state index >= 15 is 0 Å². The minimum Gasteiger partial charge on any atom is -0.510 e. The van der Waals surface area contributed by atoms with Gasteiger partial charge in [-0.3, -0.25) is 9.59 Å². The second kappa shape index (κ2) is 6.41. The van der Waals surface area contributed by atoms with Crippen molar-refractivity contribution in [2.75, 3.05) is 5.32 Å². The highest BCUT2D eigenvalue weighted by Crippen LogP contribution is 2.48. The highest BCUT2D eigenvalue weighted by atomic mass is 16.3. The number of H-pyrrole nitrogens is 1. The van der Waals surface area contributed by atoms with Crippen LogP contribution in [0.1, 0.15) is 24.8 Å². The monoisotopic (exact) mass is 386 g/mol. The van der Waals surface area contributed by atoms with E-state index in [1.165, 1.54) is 6.20 Å². The number of aromatic nitrogens is 3. The Morgan fingerprint density at radius 2 is 2.00 bits per heavy atom. The molecule has 0 saturated heterocycles. The highest BCUT2D eigenvalue weighted by Gasteiger charge is 2.43. The smallest absolute Gasteiger partial charge is 0.296 e. The second-order valence-corrected chi connectivity index (χ2v) is 7.44. The SMILES string of the molecule is C/C(O)=c1/[nH]c2cc(NC(=O)[C@@H]3C[C@H]3c3ccccc3)cc3c(=O)nncc1c23. The Morgan fingerprint density at radius 3 is 2.76 bits per heavy atom. The third-order valence-electron chi connectivity index (χ3n) is 5.49. The van der Waals surface area contributed by atoms with Crippen molar-refractivity contribution in [1.82, 2.24) is 15.2 Å². The highest BCUT2D eigenvalue weighted by molar-refractivity contribution is 6.11. The molecule has 0 spiro atoms. The van der Waals surface area contributed by atoms with Crippen molar-refractivity contribution in [2.45, 2.75) is 19.3 Å². The van der Waals surface area contributed by atoms with E-state index in [0.717, 1.165) is 12.0 Å². The number of nitrogens with one attached hydrogen (secondary N) is 2. The molecule has 4 aromatic rings. The predicted molar refractivity (Wildman–Crippen MR) is 111 cm³/mol. The molecule has 144 valence electrons. The number of nitrogens with zero attached hydrogens (tertiary/aromatic N) is 2. The molecule has 7 nitrogen and oxygen atoms in total. The number of carbonyl (C=O) groups excluding carboxylic acids is 1. The molecule has 1 aliphatic carbocycles. The molecule has 0 radical (unpaired) electrons. The van der Waals surface area contributed by atoms with Gasteiger partial charge in [0.05, 0.1) is 16.9 Å². The molecule has 1 saturated carbocycles. The Bertz CT molecular complexity index is 1370. The molecule has 2 aromatic heterocycles. The summed E-state index contributed by atoms with van der Waals surface area (Å²) in [6, 6.07) is 13.4. The number of benzene rings is 2. The summed E-state index contributed by atoms with van der Waals surface area (Å²) < 4.78 is 0. The molecular weight excluding hydrogens is 368 g/mol. The molecule has 1 aliphatic rings. The lowest BCUT2D eigenvalue weighted by Gasteiger charge is -2.06. The summed E-state index contributed by atoms with van der Waals surface area (Å²) in [4.78, 5) is 28.3. The van der Waals surface area contributed by atoms with Gasteiger partial charge in [-0.1, -0.05) is 30.3 Å². The first kappa shape index (κ1) is 17.4. The van der Waals surface area contributed by atoms with Crippen molar-refractivity contribution < 1.29 is 9.90 Å². The third-order valence-corrected chi connectivity index (χ3v) is 5.49. The number of amides is 1. The van der Waals surface area contributed by atoms with E-state index in [1.54, 1.807) is 19.1 Å². The van der Waals surface area contributed by atoms with Gasteiger partial charge in [0.1, 0.15) is 5.76 Å².